The maximum atomic E-state index is 12.8. The normalized spacial score (nSPS) is 12.1. The van der Waals surface area contributed by atoms with Crippen LogP contribution in [0, 0.1) is 0 Å². The number of anilines is 1. The third-order valence-electron chi connectivity index (χ3n) is 2.73. The zero-order valence-corrected chi connectivity index (χ0v) is 13.2. The highest BCUT2D eigenvalue weighted by Crippen LogP contribution is 2.33. The quantitative estimate of drug-likeness (QED) is 0.384. The first-order valence-electron chi connectivity index (χ1n) is 7.26. The lowest BCUT2D eigenvalue weighted by molar-refractivity contribution is -0.137. The molecular formula is C14H22F3N5O. The van der Waals surface area contributed by atoms with E-state index in [1.165, 1.54) is 12.3 Å². The van der Waals surface area contributed by atoms with Gasteiger partial charge in [-0.15, -0.1) is 0 Å². The van der Waals surface area contributed by atoms with Crippen molar-refractivity contribution in [2.45, 2.75) is 13.1 Å². The zero-order chi connectivity index (χ0) is 17.1. The number of ether oxygens (including phenoxy) is 1. The second-order valence-corrected chi connectivity index (χ2v) is 4.50. The summed E-state index contributed by atoms with van der Waals surface area (Å²) in [6.07, 6.45) is -3.11. The number of aliphatic imine (C=N–C) groups is 1. The van der Waals surface area contributed by atoms with Gasteiger partial charge < -0.3 is 20.7 Å². The van der Waals surface area contributed by atoms with E-state index in [4.69, 9.17) is 4.74 Å². The average molecular weight is 333 g/mol. The van der Waals surface area contributed by atoms with Gasteiger partial charge >= 0.3 is 6.18 Å². The van der Waals surface area contributed by atoms with E-state index in [2.05, 4.69) is 25.9 Å². The Morgan fingerprint density at radius 3 is 2.74 bits per heavy atom. The van der Waals surface area contributed by atoms with Gasteiger partial charge in [0.05, 0.1) is 18.7 Å². The van der Waals surface area contributed by atoms with Gasteiger partial charge in [-0.3, -0.25) is 4.99 Å². The van der Waals surface area contributed by atoms with Crippen molar-refractivity contribution in [2.75, 3.05) is 45.2 Å². The summed E-state index contributed by atoms with van der Waals surface area (Å²) in [6.45, 7) is 4.27. The third-order valence-corrected chi connectivity index (χ3v) is 2.73. The number of nitrogens with one attached hydrogen (secondary N) is 3. The number of alkyl halides is 3. The summed E-state index contributed by atoms with van der Waals surface area (Å²) in [6, 6.07) is 2.26. The molecule has 0 aromatic carbocycles. The first-order chi connectivity index (χ1) is 11.0. The number of aromatic nitrogens is 1. The van der Waals surface area contributed by atoms with E-state index in [1.807, 2.05) is 6.92 Å². The van der Waals surface area contributed by atoms with E-state index >= 15 is 0 Å². The molecule has 0 bridgehead atoms. The molecule has 0 aliphatic heterocycles. The largest absolute Gasteiger partial charge is 0.419 e. The van der Waals surface area contributed by atoms with E-state index in [0.29, 0.717) is 32.2 Å². The topological polar surface area (TPSA) is 70.6 Å². The van der Waals surface area contributed by atoms with Crippen molar-refractivity contribution in [3.8, 4) is 0 Å². The van der Waals surface area contributed by atoms with Gasteiger partial charge in [0.15, 0.2) is 5.96 Å². The number of hydrogen-bond acceptors (Lipinski definition) is 4. The summed E-state index contributed by atoms with van der Waals surface area (Å²) in [5.74, 6) is 0.409. The van der Waals surface area contributed by atoms with Crippen molar-refractivity contribution in [1.29, 1.82) is 0 Å². The van der Waals surface area contributed by atoms with Crippen LogP contribution < -0.4 is 16.0 Å². The zero-order valence-electron chi connectivity index (χ0n) is 13.2. The van der Waals surface area contributed by atoms with Crippen molar-refractivity contribution in [2.24, 2.45) is 4.99 Å². The highest BCUT2D eigenvalue weighted by atomic mass is 19.4. The molecule has 0 amide bonds. The fourth-order valence-corrected chi connectivity index (χ4v) is 1.73. The Balaban J connectivity index is 2.49. The molecule has 0 aliphatic rings. The van der Waals surface area contributed by atoms with Gasteiger partial charge in [0, 0.05) is 32.9 Å². The van der Waals surface area contributed by atoms with Crippen LogP contribution in [0.15, 0.2) is 23.3 Å². The Hall–Kier alpha value is -2.03. The maximum Gasteiger partial charge on any atom is 0.419 e. The van der Waals surface area contributed by atoms with E-state index in [-0.39, 0.29) is 12.4 Å². The molecule has 1 rings (SSSR count). The van der Waals surface area contributed by atoms with Crippen LogP contribution in [0.25, 0.3) is 0 Å². The summed E-state index contributed by atoms with van der Waals surface area (Å²) >= 11 is 0. The van der Waals surface area contributed by atoms with Crippen molar-refractivity contribution in [3.63, 3.8) is 0 Å². The smallest absolute Gasteiger partial charge is 0.383 e. The molecule has 130 valence electrons. The molecule has 1 aromatic rings. The number of pyridine rings is 1. The van der Waals surface area contributed by atoms with Gasteiger partial charge in [0.2, 0.25) is 0 Å². The van der Waals surface area contributed by atoms with Crippen LogP contribution in [0.3, 0.4) is 0 Å². The van der Waals surface area contributed by atoms with Crippen LogP contribution in [0.2, 0.25) is 0 Å². The van der Waals surface area contributed by atoms with Crippen LogP contribution in [0.5, 0.6) is 0 Å². The molecule has 3 N–H and O–H groups in total. The third kappa shape index (κ3) is 7.18. The lowest BCUT2D eigenvalue weighted by Gasteiger charge is -2.14. The summed E-state index contributed by atoms with van der Waals surface area (Å²) < 4.78 is 43.4. The predicted molar refractivity (Wildman–Crippen MR) is 83.6 cm³/mol. The maximum absolute atomic E-state index is 12.8. The molecule has 0 fully saturated rings. The molecule has 6 nitrogen and oxygen atoms in total. The molecule has 9 heteroatoms. The van der Waals surface area contributed by atoms with Gasteiger partial charge in [-0.2, -0.15) is 13.2 Å². The van der Waals surface area contributed by atoms with Gasteiger partial charge in [-0.05, 0) is 19.1 Å². The van der Waals surface area contributed by atoms with Crippen LogP contribution in [0.1, 0.15) is 12.5 Å². The molecule has 0 unspecified atom stereocenters. The van der Waals surface area contributed by atoms with Crippen LogP contribution in [0.4, 0.5) is 19.0 Å². The second kappa shape index (κ2) is 9.88. The average Bonchev–Trinajstić information content (AvgIpc) is 2.51. The van der Waals surface area contributed by atoms with Crippen LogP contribution in [-0.2, 0) is 10.9 Å². The number of halogens is 3. The highest BCUT2D eigenvalue weighted by Gasteiger charge is 2.33. The first-order valence-corrected chi connectivity index (χ1v) is 7.26. The van der Waals surface area contributed by atoms with Gasteiger partial charge in [-0.25, -0.2) is 4.98 Å². The van der Waals surface area contributed by atoms with Crippen molar-refractivity contribution < 1.29 is 17.9 Å². The standard InChI is InChI=1S/C14H22F3N5O/c1-3-18-13(22-9-10-23-2)21-8-7-20-12-11(14(15,16)17)5-4-6-19-12/h4-6H,3,7-10H2,1-2H3,(H,19,20)(H2,18,21,22). The molecule has 0 saturated heterocycles. The van der Waals surface area contributed by atoms with E-state index in [1.54, 1.807) is 7.11 Å². The van der Waals surface area contributed by atoms with Gasteiger partial charge in [-0.1, -0.05) is 0 Å². The molecule has 0 spiro atoms. The number of hydrogen-bond donors (Lipinski definition) is 3. The predicted octanol–water partition coefficient (Wildman–Crippen LogP) is 1.71. The Morgan fingerprint density at radius 2 is 2.09 bits per heavy atom. The second-order valence-electron chi connectivity index (χ2n) is 4.50. The Kier molecular flexibility index (Phi) is 8.17. The molecule has 1 heterocycles. The summed E-state index contributed by atoms with van der Waals surface area (Å²) in [5, 5.41) is 8.74. The molecule has 0 atom stereocenters. The minimum absolute atomic E-state index is 0.178. The lowest BCUT2D eigenvalue weighted by Crippen LogP contribution is -2.39. The minimum atomic E-state index is -4.43. The van der Waals surface area contributed by atoms with Crippen molar-refractivity contribution in [1.82, 2.24) is 15.6 Å². The molecule has 0 aliphatic carbocycles. The molecule has 0 radical (unpaired) electrons. The Bertz CT molecular complexity index is 494. The Morgan fingerprint density at radius 1 is 1.30 bits per heavy atom. The van der Waals surface area contributed by atoms with Crippen molar-refractivity contribution in [3.05, 3.63) is 23.9 Å². The summed E-state index contributed by atoms with van der Waals surface area (Å²) in [5.41, 5.74) is -0.777. The van der Waals surface area contributed by atoms with Crippen molar-refractivity contribution >= 4 is 11.8 Å². The molecule has 1 aromatic heterocycles. The van der Waals surface area contributed by atoms with E-state index in [9.17, 15) is 13.2 Å². The lowest BCUT2D eigenvalue weighted by atomic mass is 10.2. The highest BCUT2D eigenvalue weighted by molar-refractivity contribution is 5.79. The van der Waals surface area contributed by atoms with E-state index < -0.39 is 11.7 Å². The number of methoxy groups -OCH3 is 1. The number of guanidine groups is 1. The van der Waals surface area contributed by atoms with Gasteiger partial charge in [0.1, 0.15) is 5.82 Å². The van der Waals surface area contributed by atoms with Crippen LogP contribution >= 0.6 is 0 Å². The summed E-state index contributed by atoms with van der Waals surface area (Å²) in [4.78, 5) is 7.99. The fourth-order valence-electron chi connectivity index (χ4n) is 1.73. The van der Waals surface area contributed by atoms with E-state index in [0.717, 1.165) is 6.07 Å². The first kappa shape index (κ1) is 19.0. The summed E-state index contributed by atoms with van der Waals surface area (Å²) in [7, 11) is 1.59. The van der Waals surface area contributed by atoms with Gasteiger partial charge in [0.25, 0.3) is 0 Å². The number of nitrogens with zero attached hydrogens (tertiary/aromatic N) is 2. The molecule has 23 heavy (non-hydrogen) atoms. The fraction of sp³-hybridized carbons (Fsp3) is 0.571. The Labute approximate surface area is 133 Å². The SMILES string of the molecule is CCNC(=NCCOC)NCCNc1ncccc1C(F)(F)F. The minimum Gasteiger partial charge on any atom is -0.383 e. The molecule has 0 saturated carbocycles. The monoisotopic (exact) mass is 333 g/mol. The van der Waals surface area contributed by atoms with Crippen LogP contribution in [-0.4, -0.2) is 50.8 Å². The molecular weight excluding hydrogens is 311 g/mol. The number of rotatable bonds is 8.